The second-order valence-electron chi connectivity index (χ2n) is 3.97. The number of pyridine rings is 1. The minimum absolute atomic E-state index is 0.0154. The Morgan fingerprint density at radius 2 is 2.25 bits per heavy atom. The number of ether oxygens (including phenoxy) is 1. The zero-order chi connectivity index (χ0) is 14.5. The van der Waals surface area contributed by atoms with Gasteiger partial charge in [-0.1, -0.05) is 6.07 Å². The molecule has 0 bridgehead atoms. The summed E-state index contributed by atoms with van der Waals surface area (Å²) in [6.07, 6.45) is 1.51. The Morgan fingerprint density at radius 3 is 2.95 bits per heavy atom. The molecule has 100 valence electrons. The molecular formula is C14H11N3O3. The van der Waals surface area contributed by atoms with Gasteiger partial charge in [0.05, 0.1) is 0 Å². The standard InChI is InChI=1S/C14H11N3O3/c15-7-12-9(2-1-5-17-12)8-20-13-6-10(16)3-4-11(13)14(18)19/h1-6H,8,16H2,(H,18,19). The lowest BCUT2D eigenvalue weighted by atomic mass is 10.2. The van der Waals surface area contributed by atoms with Crippen molar-refractivity contribution in [2.24, 2.45) is 0 Å². The zero-order valence-electron chi connectivity index (χ0n) is 10.4. The van der Waals surface area contributed by atoms with Crippen LogP contribution in [0.15, 0.2) is 36.5 Å². The van der Waals surface area contributed by atoms with Crippen LogP contribution in [-0.4, -0.2) is 16.1 Å². The highest BCUT2D eigenvalue weighted by atomic mass is 16.5. The van der Waals surface area contributed by atoms with E-state index >= 15 is 0 Å². The molecule has 1 aromatic carbocycles. The van der Waals surface area contributed by atoms with Crippen LogP contribution in [-0.2, 0) is 6.61 Å². The molecule has 6 heteroatoms. The number of aromatic nitrogens is 1. The van der Waals surface area contributed by atoms with Crippen molar-refractivity contribution in [2.75, 3.05) is 5.73 Å². The van der Waals surface area contributed by atoms with Crippen LogP contribution in [0, 0.1) is 11.3 Å². The minimum Gasteiger partial charge on any atom is -0.488 e. The van der Waals surface area contributed by atoms with Gasteiger partial charge in [0.2, 0.25) is 0 Å². The zero-order valence-corrected chi connectivity index (χ0v) is 10.4. The van der Waals surface area contributed by atoms with E-state index in [2.05, 4.69) is 4.98 Å². The van der Waals surface area contributed by atoms with Gasteiger partial charge < -0.3 is 15.6 Å². The minimum atomic E-state index is -1.10. The number of nitrogens with two attached hydrogens (primary N) is 1. The molecule has 0 aliphatic rings. The number of nitrogen functional groups attached to an aromatic ring is 1. The molecule has 20 heavy (non-hydrogen) atoms. The van der Waals surface area contributed by atoms with Gasteiger partial charge in [-0.25, -0.2) is 9.78 Å². The molecule has 0 unspecified atom stereocenters. The van der Waals surface area contributed by atoms with Crippen molar-refractivity contribution in [1.29, 1.82) is 5.26 Å². The second kappa shape index (κ2) is 5.71. The van der Waals surface area contributed by atoms with E-state index in [4.69, 9.17) is 20.8 Å². The summed E-state index contributed by atoms with van der Waals surface area (Å²) in [4.78, 5) is 15.0. The molecule has 0 atom stereocenters. The van der Waals surface area contributed by atoms with Gasteiger partial charge in [0.25, 0.3) is 0 Å². The molecule has 6 nitrogen and oxygen atoms in total. The number of carboxylic acid groups (broad SMARTS) is 1. The van der Waals surface area contributed by atoms with Crippen LogP contribution in [0.3, 0.4) is 0 Å². The first-order chi connectivity index (χ1) is 9.61. The van der Waals surface area contributed by atoms with Gasteiger partial charge in [0, 0.05) is 23.5 Å². The van der Waals surface area contributed by atoms with Gasteiger partial charge in [-0.05, 0) is 18.2 Å². The van der Waals surface area contributed by atoms with Crippen LogP contribution >= 0.6 is 0 Å². The number of carboxylic acids is 1. The smallest absolute Gasteiger partial charge is 0.339 e. The fourth-order valence-corrected chi connectivity index (χ4v) is 1.65. The number of aromatic carboxylic acids is 1. The summed E-state index contributed by atoms with van der Waals surface area (Å²) < 4.78 is 5.46. The summed E-state index contributed by atoms with van der Waals surface area (Å²) in [6.45, 7) is 0.0421. The largest absolute Gasteiger partial charge is 0.488 e. The fourth-order valence-electron chi connectivity index (χ4n) is 1.65. The summed E-state index contributed by atoms with van der Waals surface area (Å²) in [5, 5.41) is 18.0. The van der Waals surface area contributed by atoms with Crippen LogP contribution in [0.5, 0.6) is 5.75 Å². The molecule has 0 radical (unpaired) electrons. The number of rotatable bonds is 4. The molecule has 0 saturated carbocycles. The van der Waals surface area contributed by atoms with Crippen molar-refractivity contribution in [1.82, 2.24) is 4.98 Å². The Kier molecular flexibility index (Phi) is 3.82. The molecule has 3 N–H and O–H groups in total. The molecule has 2 rings (SSSR count). The molecule has 0 fully saturated rings. The first-order valence-corrected chi connectivity index (χ1v) is 5.71. The lowest BCUT2D eigenvalue weighted by Gasteiger charge is -2.10. The van der Waals surface area contributed by atoms with Crippen LogP contribution in [0.25, 0.3) is 0 Å². The summed E-state index contributed by atoms with van der Waals surface area (Å²) in [6, 6.07) is 9.62. The number of anilines is 1. The van der Waals surface area contributed by atoms with Crippen LogP contribution in [0.1, 0.15) is 21.6 Å². The van der Waals surface area contributed by atoms with Gasteiger partial charge in [-0.2, -0.15) is 5.26 Å². The van der Waals surface area contributed by atoms with Crippen molar-refractivity contribution >= 4 is 11.7 Å². The number of hydrogen-bond acceptors (Lipinski definition) is 5. The van der Waals surface area contributed by atoms with E-state index in [1.54, 1.807) is 12.1 Å². The number of nitrogens with zero attached hydrogens (tertiary/aromatic N) is 2. The van der Waals surface area contributed by atoms with E-state index in [1.807, 2.05) is 6.07 Å². The molecule has 0 spiro atoms. The van der Waals surface area contributed by atoms with Crippen molar-refractivity contribution in [3.63, 3.8) is 0 Å². The third kappa shape index (κ3) is 2.84. The van der Waals surface area contributed by atoms with Crippen LogP contribution < -0.4 is 10.5 Å². The highest BCUT2D eigenvalue weighted by Gasteiger charge is 2.12. The van der Waals surface area contributed by atoms with Gasteiger partial charge in [-0.3, -0.25) is 0 Å². The van der Waals surface area contributed by atoms with Gasteiger partial charge in [0.15, 0.2) is 0 Å². The maximum absolute atomic E-state index is 11.1. The van der Waals surface area contributed by atoms with Gasteiger partial charge in [-0.15, -0.1) is 0 Å². The van der Waals surface area contributed by atoms with Crippen LogP contribution in [0.2, 0.25) is 0 Å². The molecular weight excluding hydrogens is 258 g/mol. The molecule has 0 saturated heterocycles. The van der Waals surface area contributed by atoms with Gasteiger partial charge in [0.1, 0.15) is 29.7 Å². The van der Waals surface area contributed by atoms with Crippen LogP contribution in [0.4, 0.5) is 5.69 Å². The average molecular weight is 269 g/mol. The maximum atomic E-state index is 11.1. The summed E-state index contributed by atoms with van der Waals surface area (Å²) in [5.74, 6) is -0.947. The highest BCUT2D eigenvalue weighted by Crippen LogP contribution is 2.23. The number of carbonyl (C=O) groups is 1. The first-order valence-electron chi connectivity index (χ1n) is 5.71. The number of hydrogen-bond donors (Lipinski definition) is 2. The Labute approximate surface area is 115 Å². The third-order valence-electron chi connectivity index (χ3n) is 2.62. The number of benzene rings is 1. The Hall–Kier alpha value is -3.07. The Balaban J connectivity index is 2.25. The summed E-state index contributed by atoms with van der Waals surface area (Å²) >= 11 is 0. The third-order valence-corrected chi connectivity index (χ3v) is 2.62. The lowest BCUT2D eigenvalue weighted by molar-refractivity contribution is 0.0692. The van der Waals surface area contributed by atoms with E-state index in [0.717, 1.165) is 0 Å². The highest BCUT2D eigenvalue weighted by molar-refractivity contribution is 5.91. The summed E-state index contributed by atoms with van der Waals surface area (Å²) in [7, 11) is 0. The molecule has 0 aliphatic heterocycles. The molecule has 0 aliphatic carbocycles. The van der Waals surface area contributed by atoms with Crippen molar-refractivity contribution in [2.45, 2.75) is 6.61 Å². The van der Waals surface area contributed by atoms with Crippen molar-refractivity contribution in [3.8, 4) is 11.8 Å². The molecule has 0 amide bonds. The Bertz CT molecular complexity index is 692. The predicted octanol–water partition coefficient (Wildman–Crippen LogP) is 1.81. The molecule has 1 aromatic heterocycles. The van der Waals surface area contributed by atoms with E-state index in [9.17, 15) is 4.79 Å². The van der Waals surface area contributed by atoms with Crippen molar-refractivity contribution < 1.29 is 14.6 Å². The topological polar surface area (TPSA) is 109 Å². The Morgan fingerprint density at radius 1 is 1.45 bits per heavy atom. The maximum Gasteiger partial charge on any atom is 0.339 e. The monoisotopic (exact) mass is 269 g/mol. The van der Waals surface area contributed by atoms with Gasteiger partial charge >= 0.3 is 5.97 Å². The predicted molar refractivity (Wildman–Crippen MR) is 71.1 cm³/mol. The average Bonchev–Trinajstić information content (AvgIpc) is 2.45. The lowest BCUT2D eigenvalue weighted by Crippen LogP contribution is -2.05. The quantitative estimate of drug-likeness (QED) is 0.819. The van der Waals surface area contributed by atoms with E-state index in [-0.39, 0.29) is 23.6 Å². The van der Waals surface area contributed by atoms with E-state index in [0.29, 0.717) is 11.3 Å². The molecule has 2 aromatic rings. The van der Waals surface area contributed by atoms with E-state index in [1.165, 1.54) is 24.4 Å². The number of nitriles is 1. The van der Waals surface area contributed by atoms with Crippen molar-refractivity contribution in [3.05, 3.63) is 53.3 Å². The summed E-state index contributed by atoms with van der Waals surface area (Å²) in [5.41, 5.74) is 6.85. The molecule has 1 heterocycles. The second-order valence-corrected chi connectivity index (χ2v) is 3.97. The van der Waals surface area contributed by atoms with E-state index < -0.39 is 5.97 Å². The first kappa shape index (κ1) is 13.4. The fraction of sp³-hybridized carbons (Fsp3) is 0.0714. The normalized spacial score (nSPS) is 9.75. The SMILES string of the molecule is N#Cc1ncccc1COc1cc(N)ccc1C(=O)O.